The second-order valence-corrected chi connectivity index (χ2v) is 18.1. The molecule has 0 aromatic heterocycles. The molecule has 0 unspecified atom stereocenters. The first-order valence-corrected chi connectivity index (χ1v) is 20.9. The minimum atomic E-state index is -6.83. The molecule has 0 radical (unpaired) electrons. The summed E-state index contributed by atoms with van der Waals surface area (Å²) in [4.78, 5) is -0.344. The number of allylic oxidation sites excluding steroid dienone is 7. The summed E-state index contributed by atoms with van der Waals surface area (Å²) in [5.74, 6) is -39.4. The lowest BCUT2D eigenvalue weighted by Gasteiger charge is -2.31. The first-order valence-electron chi connectivity index (χ1n) is 18.1. The lowest BCUT2D eigenvalue weighted by atomic mass is 9.84. The third-order valence-electron chi connectivity index (χ3n) is 10.3. The van der Waals surface area contributed by atoms with Gasteiger partial charge < -0.3 is 4.90 Å². The molecule has 0 spiro atoms. The number of benzene rings is 3. The highest BCUT2D eigenvalue weighted by atomic mass is 32.2. The zero-order chi connectivity index (χ0) is 49.1. The van der Waals surface area contributed by atoms with Crippen molar-refractivity contribution in [3.8, 4) is 11.1 Å². The zero-order valence-electron chi connectivity index (χ0n) is 33.1. The third-order valence-corrected chi connectivity index (χ3v) is 12.8. The van der Waals surface area contributed by atoms with Gasteiger partial charge in [0.2, 0.25) is 0 Å². The van der Waals surface area contributed by atoms with Crippen LogP contribution in [0.15, 0.2) is 113 Å². The van der Waals surface area contributed by atoms with Crippen LogP contribution in [0.25, 0.3) is 16.7 Å². The van der Waals surface area contributed by atoms with Gasteiger partial charge in [-0.1, -0.05) is 74.6 Å². The molecule has 0 N–H and O–H groups in total. The van der Waals surface area contributed by atoms with E-state index in [-0.39, 0.29) is 27.8 Å². The lowest BCUT2D eigenvalue weighted by Crippen LogP contribution is -2.59. The molecule has 7 nitrogen and oxygen atoms in total. The maximum atomic E-state index is 14.2. The van der Waals surface area contributed by atoms with E-state index in [4.69, 9.17) is 0 Å². The van der Waals surface area contributed by atoms with Crippen LogP contribution in [0.3, 0.4) is 0 Å². The molecule has 356 valence electrons. The molecular weight excluding hydrogens is 959 g/mol. The van der Waals surface area contributed by atoms with Crippen molar-refractivity contribution >= 4 is 31.5 Å². The van der Waals surface area contributed by atoms with Gasteiger partial charge in [0.1, 0.15) is 13.2 Å². The van der Waals surface area contributed by atoms with E-state index in [1.165, 1.54) is 24.3 Å². The minimum absolute atomic E-state index is 0.0244. The van der Waals surface area contributed by atoms with Crippen LogP contribution in [0.2, 0.25) is 0 Å². The third kappa shape index (κ3) is 8.91. The molecular formula is C40H31F16NO6S2. The highest BCUT2D eigenvalue weighted by Gasteiger charge is 2.76. The summed E-state index contributed by atoms with van der Waals surface area (Å²) in [6, 6.07) is 11.9. The monoisotopic (exact) mass is 989 g/mol. The second kappa shape index (κ2) is 17.1. The van der Waals surface area contributed by atoms with Crippen molar-refractivity contribution in [1.82, 2.24) is 0 Å². The van der Waals surface area contributed by atoms with Crippen LogP contribution in [-0.2, 0) is 34.0 Å². The summed E-state index contributed by atoms with van der Waals surface area (Å²) >= 11 is 0. The molecule has 25 heteroatoms. The normalized spacial score (nSPS) is 17.0. The van der Waals surface area contributed by atoms with Gasteiger partial charge >= 0.3 is 48.4 Å². The Morgan fingerprint density at radius 2 is 0.985 bits per heavy atom. The Morgan fingerprint density at radius 3 is 1.38 bits per heavy atom. The number of anilines is 1. The van der Waals surface area contributed by atoms with E-state index in [2.05, 4.69) is 8.37 Å². The van der Waals surface area contributed by atoms with Crippen LogP contribution in [0.1, 0.15) is 30.5 Å². The molecule has 0 atom stereocenters. The molecule has 2 aliphatic rings. The number of fused-ring (bicyclic) bond motifs is 4. The van der Waals surface area contributed by atoms with Gasteiger partial charge in [-0.2, -0.15) is 69.5 Å². The van der Waals surface area contributed by atoms with Gasteiger partial charge in [0.15, 0.2) is 0 Å². The summed E-state index contributed by atoms with van der Waals surface area (Å²) < 4.78 is 276. The van der Waals surface area contributed by atoms with Gasteiger partial charge in [-0.25, -0.2) is 17.6 Å². The van der Waals surface area contributed by atoms with Crippen molar-refractivity contribution < 1.29 is 95.4 Å². The van der Waals surface area contributed by atoms with Crippen molar-refractivity contribution in [2.45, 2.75) is 77.4 Å². The Morgan fingerprint density at radius 1 is 0.585 bits per heavy atom. The number of likely N-dealkylation sites (N-methyl/N-ethyl adjacent to an activating group) is 1. The lowest BCUT2D eigenvalue weighted by molar-refractivity contribution is -0.342. The zero-order valence-corrected chi connectivity index (χ0v) is 34.7. The number of hydrogen-bond acceptors (Lipinski definition) is 7. The number of halogens is 16. The molecule has 65 heavy (non-hydrogen) atoms. The number of nitrogens with zero attached hydrogens (tertiary/aromatic N) is 1. The highest BCUT2D eigenvalue weighted by molar-refractivity contribution is 7.87. The van der Waals surface area contributed by atoms with Crippen LogP contribution >= 0.6 is 0 Å². The molecule has 3 aromatic rings. The maximum absolute atomic E-state index is 14.2. The molecule has 0 saturated carbocycles. The van der Waals surface area contributed by atoms with Crippen LogP contribution in [0.5, 0.6) is 0 Å². The predicted octanol–water partition coefficient (Wildman–Crippen LogP) is 11.3. The van der Waals surface area contributed by atoms with E-state index in [0.29, 0.717) is 24.3 Å². The van der Waals surface area contributed by atoms with E-state index >= 15 is 0 Å². The van der Waals surface area contributed by atoms with Gasteiger partial charge in [-0.3, -0.25) is 8.37 Å². The van der Waals surface area contributed by atoms with Crippen molar-refractivity contribution in [3.63, 3.8) is 0 Å². The summed E-state index contributed by atoms with van der Waals surface area (Å²) in [7, 11) is -9.50. The van der Waals surface area contributed by atoms with Crippen molar-refractivity contribution in [3.05, 3.63) is 120 Å². The number of rotatable bonds is 17. The summed E-state index contributed by atoms with van der Waals surface area (Å²) in [5.41, 5.74) is 1.61. The Kier molecular flexibility index (Phi) is 13.4. The van der Waals surface area contributed by atoms with Gasteiger partial charge in [0.05, 0.1) is 9.79 Å². The summed E-state index contributed by atoms with van der Waals surface area (Å²) in [5, 5.41) is 0. The summed E-state index contributed by atoms with van der Waals surface area (Å²) in [6.45, 7) is -2.19. The van der Waals surface area contributed by atoms with Crippen molar-refractivity contribution in [2.75, 3.05) is 25.2 Å². The van der Waals surface area contributed by atoms with E-state index < -0.39 is 97.0 Å². The topological polar surface area (TPSA) is 90.0 Å². The minimum Gasteiger partial charge on any atom is -0.347 e. The van der Waals surface area contributed by atoms with Crippen molar-refractivity contribution in [1.29, 1.82) is 0 Å². The van der Waals surface area contributed by atoms with Crippen molar-refractivity contribution in [2.24, 2.45) is 0 Å². The van der Waals surface area contributed by atoms with Gasteiger partial charge in [0, 0.05) is 23.8 Å². The molecule has 0 bridgehead atoms. The molecule has 5 rings (SSSR count). The Hall–Kier alpha value is -4.88. The van der Waals surface area contributed by atoms with Crippen LogP contribution in [-0.4, -0.2) is 85.5 Å². The van der Waals surface area contributed by atoms with Gasteiger partial charge in [-0.05, 0) is 69.8 Å². The van der Waals surface area contributed by atoms with Crippen LogP contribution in [0, 0.1) is 0 Å². The smallest absolute Gasteiger partial charge is 0.347 e. The SMILES string of the molecule is CN1/C(=C/C=C/C=C/C=C2c3cc(S(=O)(=O)OCC(F)(F)C(F)(F)C(F)(F)C(F)F)ccc3-c3ccc(S(=O)(=O)OCC(F)(F)C(F)(F)C(F)(F)C(F)F)cc32)C(C)(C)c2ccccc21. The molecule has 0 fully saturated rings. The Bertz CT molecular complexity index is 2550. The van der Waals surface area contributed by atoms with E-state index in [1.54, 1.807) is 12.2 Å². The van der Waals surface area contributed by atoms with Crippen LogP contribution in [0.4, 0.5) is 75.9 Å². The predicted molar refractivity (Wildman–Crippen MR) is 201 cm³/mol. The maximum Gasteiger partial charge on any atom is 0.380 e. The van der Waals surface area contributed by atoms with E-state index in [1.807, 2.05) is 50.1 Å². The molecule has 3 aromatic carbocycles. The summed E-state index contributed by atoms with van der Waals surface area (Å²) in [6.07, 6.45) is -1.92. The number of hydrogen-bond donors (Lipinski definition) is 0. The first kappa shape index (κ1) is 51.1. The molecule has 0 saturated heterocycles. The molecule has 1 heterocycles. The van der Waals surface area contributed by atoms with Crippen LogP contribution < -0.4 is 4.90 Å². The Balaban J connectivity index is 1.52. The largest absolute Gasteiger partial charge is 0.380 e. The Labute approximate surface area is 359 Å². The fraction of sp³-hybridized carbons (Fsp3) is 0.350. The standard InChI is InChI=1S/C40H31F16NO6S2/c1-34(2)29-11-8-9-12-30(29)57(3)31(34)13-7-5-4-6-10-24-27-18-22(64(58,59)62-20-35(45,46)39(53,54)37(49,50)32(41)42)14-16-25(27)26-17-15-23(19-28(24)26)65(60,61)63-21-36(47,48)40(55,56)38(51,52)33(43)44/h4-19,32-33H,20-21H2,1-3H3/b6-4+,7-5+,31-13+. The molecule has 1 aliphatic carbocycles. The number of para-hydroxylation sites is 1. The molecule has 1 aliphatic heterocycles. The average molecular weight is 990 g/mol. The number of alkyl halides is 16. The first-order chi connectivity index (χ1) is 29.6. The molecule has 0 amide bonds. The van der Waals surface area contributed by atoms with Gasteiger partial charge in [0.25, 0.3) is 20.2 Å². The fourth-order valence-electron chi connectivity index (χ4n) is 6.71. The van der Waals surface area contributed by atoms with E-state index in [9.17, 15) is 87.1 Å². The fourth-order valence-corrected chi connectivity index (χ4v) is 8.58. The van der Waals surface area contributed by atoms with E-state index in [0.717, 1.165) is 29.1 Å². The van der Waals surface area contributed by atoms with Gasteiger partial charge in [-0.15, -0.1) is 0 Å². The average Bonchev–Trinajstić information content (AvgIpc) is 3.63. The quantitative estimate of drug-likeness (QED) is 0.0591. The second-order valence-electron chi connectivity index (χ2n) is 14.9. The highest BCUT2D eigenvalue weighted by Crippen LogP contribution is 2.52.